The third-order valence-corrected chi connectivity index (χ3v) is 4.67. The number of fused-ring (bicyclic) bond motifs is 3. The quantitative estimate of drug-likeness (QED) is 0.662. The second-order valence-corrected chi connectivity index (χ2v) is 6.10. The number of hydrogen-bond acceptors (Lipinski definition) is 1. The standard InChI is InChI=1S/C19H13ClFNO/c20-15-6-3-7-16(21)18(15)14-10-17(23)22-19-12-5-2-1-4-11(12)8-9-13(14)19/h1-9,14H,10H2,(H,22,23). The maximum absolute atomic E-state index is 14.4. The van der Waals surface area contributed by atoms with Crippen LogP contribution in [0.15, 0.2) is 54.6 Å². The van der Waals surface area contributed by atoms with E-state index in [9.17, 15) is 9.18 Å². The summed E-state index contributed by atoms with van der Waals surface area (Å²) in [5.74, 6) is -0.883. The molecule has 23 heavy (non-hydrogen) atoms. The van der Waals surface area contributed by atoms with Gasteiger partial charge in [0, 0.05) is 28.3 Å². The van der Waals surface area contributed by atoms with Crippen LogP contribution in [0.3, 0.4) is 0 Å². The maximum Gasteiger partial charge on any atom is 0.225 e. The Bertz CT molecular complexity index is 918. The number of anilines is 1. The molecule has 1 amide bonds. The Morgan fingerprint density at radius 2 is 1.87 bits per heavy atom. The summed E-state index contributed by atoms with van der Waals surface area (Å²) in [6.07, 6.45) is 0.187. The third kappa shape index (κ3) is 2.28. The molecule has 1 heterocycles. The van der Waals surface area contributed by atoms with Crippen molar-refractivity contribution in [1.82, 2.24) is 0 Å². The molecule has 1 unspecified atom stereocenters. The highest BCUT2D eigenvalue weighted by Gasteiger charge is 2.30. The van der Waals surface area contributed by atoms with E-state index in [4.69, 9.17) is 11.6 Å². The van der Waals surface area contributed by atoms with Crippen molar-refractivity contribution in [3.05, 3.63) is 76.6 Å². The van der Waals surface area contributed by atoms with E-state index in [2.05, 4.69) is 5.32 Å². The minimum atomic E-state index is -0.378. The second kappa shape index (κ2) is 5.36. The van der Waals surface area contributed by atoms with Gasteiger partial charge >= 0.3 is 0 Å². The molecule has 3 aromatic carbocycles. The molecule has 1 aliphatic heterocycles. The monoisotopic (exact) mass is 325 g/mol. The van der Waals surface area contributed by atoms with Crippen LogP contribution in [0.2, 0.25) is 5.02 Å². The smallest absolute Gasteiger partial charge is 0.225 e. The average molecular weight is 326 g/mol. The third-order valence-electron chi connectivity index (χ3n) is 4.34. The summed E-state index contributed by atoms with van der Waals surface area (Å²) in [4.78, 5) is 12.2. The average Bonchev–Trinajstić information content (AvgIpc) is 2.54. The summed E-state index contributed by atoms with van der Waals surface area (Å²) >= 11 is 6.22. The summed E-state index contributed by atoms with van der Waals surface area (Å²) < 4.78 is 14.4. The summed E-state index contributed by atoms with van der Waals surface area (Å²) in [5, 5.41) is 5.28. The van der Waals surface area contributed by atoms with Gasteiger partial charge in [-0.15, -0.1) is 0 Å². The molecule has 1 N–H and O–H groups in total. The van der Waals surface area contributed by atoms with Crippen LogP contribution in [0.5, 0.6) is 0 Å². The van der Waals surface area contributed by atoms with Crippen molar-refractivity contribution < 1.29 is 9.18 Å². The molecule has 1 aliphatic rings. The van der Waals surface area contributed by atoms with Gasteiger partial charge in [-0.25, -0.2) is 4.39 Å². The molecule has 0 saturated carbocycles. The molecule has 2 nitrogen and oxygen atoms in total. The van der Waals surface area contributed by atoms with Crippen molar-refractivity contribution >= 4 is 34.0 Å². The van der Waals surface area contributed by atoms with Crippen LogP contribution < -0.4 is 5.32 Å². The fraction of sp³-hybridized carbons (Fsp3) is 0.105. The van der Waals surface area contributed by atoms with Gasteiger partial charge in [0.1, 0.15) is 5.82 Å². The van der Waals surface area contributed by atoms with Gasteiger partial charge < -0.3 is 5.32 Å². The molecular weight excluding hydrogens is 313 g/mol. The number of nitrogens with one attached hydrogen (secondary N) is 1. The zero-order valence-corrected chi connectivity index (χ0v) is 12.9. The maximum atomic E-state index is 14.4. The number of carbonyl (C=O) groups is 1. The molecule has 3 aromatic rings. The lowest BCUT2D eigenvalue weighted by molar-refractivity contribution is -0.116. The Morgan fingerprint density at radius 1 is 1.04 bits per heavy atom. The van der Waals surface area contributed by atoms with Gasteiger partial charge in [0.15, 0.2) is 0 Å². The lowest BCUT2D eigenvalue weighted by atomic mass is 9.83. The van der Waals surface area contributed by atoms with Crippen LogP contribution in [-0.2, 0) is 4.79 Å². The SMILES string of the molecule is O=C1CC(c2c(F)cccc2Cl)c2ccc3ccccc3c2N1. The van der Waals surface area contributed by atoms with E-state index in [0.29, 0.717) is 10.6 Å². The minimum Gasteiger partial charge on any atom is -0.325 e. The number of amides is 1. The van der Waals surface area contributed by atoms with Gasteiger partial charge in [0.05, 0.1) is 5.69 Å². The highest BCUT2D eigenvalue weighted by atomic mass is 35.5. The first-order valence-electron chi connectivity index (χ1n) is 7.40. The minimum absolute atomic E-state index is 0.127. The fourth-order valence-electron chi connectivity index (χ4n) is 3.31. The highest BCUT2D eigenvalue weighted by Crippen LogP contribution is 2.43. The van der Waals surface area contributed by atoms with E-state index < -0.39 is 0 Å². The summed E-state index contributed by atoms with van der Waals surface area (Å²) in [6.45, 7) is 0. The molecule has 4 rings (SSSR count). The van der Waals surface area contributed by atoms with Crippen molar-refractivity contribution in [2.45, 2.75) is 12.3 Å². The van der Waals surface area contributed by atoms with Gasteiger partial charge in [-0.2, -0.15) is 0 Å². The molecule has 0 radical (unpaired) electrons. The van der Waals surface area contributed by atoms with Gasteiger partial charge in [-0.1, -0.05) is 54.1 Å². The van der Waals surface area contributed by atoms with Crippen LogP contribution >= 0.6 is 11.6 Å². The Labute approximate surface area is 137 Å². The van der Waals surface area contributed by atoms with Crippen molar-refractivity contribution in [1.29, 1.82) is 0 Å². The normalized spacial score (nSPS) is 17.0. The molecule has 0 fully saturated rings. The number of benzene rings is 3. The zero-order valence-electron chi connectivity index (χ0n) is 12.1. The van der Waals surface area contributed by atoms with Crippen molar-refractivity contribution in [2.75, 3.05) is 5.32 Å². The summed E-state index contributed by atoms with van der Waals surface area (Å²) in [6, 6.07) is 16.4. The van der Waals surface area contributed by atoms with Gasteiger partial charge in [-0.05, 0) is 23.1 Å². The Hall–Kier alpha value is -2.39. The lowest BCUT2D eigenvalue weighted by Crippen LogP contribution is -2.24. The number of halogens is 2. The van der Waals surface area contributed by atoms with Gasteiger partial charge in [0.25, 0.3) is 0 Å². The van der Waals surface area contributed by atoms with E-state index in [1.165, 1.54) is 6.07 Å². The first kappa shape index (κ1) is 14.2. The largest absolute Gasteiger partial charge is 0.325 e. The molecule has 0 spiro atoms. The lowest BCUT2D eigenvalue weighted by Gasteiger charge is -2.28. The van der Waals surface area contributed by atoms with Crippen LogP contribution in [-0.4, -0.2) is 5.91 Å². The molecular formula is C19H13ClFNO. The highest BCUT2D eigenvalue weighted by molar-refractivity contribution is 6.31. The van der Waals surface area contributed by atoms with Gasteiger partial charge in [0.2, 0.25) is 5.91 Å². The molecule has 114 valence electrons. The Morgan fingerprint density at radius 3 is 2.70 bits per heavy atom. The van der Waals surface area contributed by atoms with Crippen LogP contribution in [0.1, 0.15) is 23.5 Å². The molecule has 0 aliphatic carbocycles. The summed E-state index contributed by atoms with van der Waals surface area (Å²) in [5.41, 5.74) is 2.04. The number of rotatable bonds is 1. The number of hydrogen-bond donors (Lipinski definition) is 1. The summed E-state index contributed by atoms with van der Waals surface area (Å²) in [7, 11) is 0. The predicted molar refractivity (Wildman–Crippen MR) is 90.4 cm³/mol. The molecule has 0 bridgehead atoms. The topological polar surface area (TPSA) is 29.1 Å². The molecule has 0 saturated heterocycles. The van der Waals surface area contributed by atoms with Crippen molar-refractivity contribution in [3.8, 4) is 0 Å². The Balaban J connectivity index is 1.99. The first-order chi connectivity index (χ1) is 11.1. The van der Waals surface area contributed by atoms with Crippen LogP contribution in [0.4, 0.5) is 10.1 Å². The number of carbonyl (C=O) groups excluding carboxylic acids is 1. The molecule has 1 atom stereocenters. The van der Waals surface area contributed by atoms with E-state index in [1.54, 1.807) is 12.1 Å². The van der Waals surface area contributed by atoms with E-state index >= 15 is 0 Å². The Kier molecular flexibility index (Phi) is 3.31. The van der Waals surface area contributed by atoms with Gasteiger partial charge in [-0.3, -0.25) is 4.79 Å². The van der Waals surface area contributed by atoms with Crippen LogP contribution in [0, 0.1) is 5.82 Å². The first-order valence-corrected chi connectivity index (χ1v) is 7.78. The van der Waals surface area contributed by atoms with Crippen molar-refractivity contribution in [2.24, 2.45) is 0 Å². The predicted octanol–water partition coefficient (Wildman–Crippen LogP) is 5.11. The molecule has 4 heteroatoms. The van der Waals surface area contributed by atoms with Crippen LogP contribution in [0.25, 0.3) is 10.8 Å². The fourth-order valence-corrected chi connectivity index (χ4v) is 3.60. The second-order valence-electron chi connectivity index (χ2n) is 5.69. The molecule has 0 aromatic heterocycles. The van der Waals surface area contributed by atoms with E-state index in [-0.39, 0.29) is 24.1 Å². The van der Waals surface area contributed by atoms with E-state index in [1.807, 2.05) is 36.4 Å². The van der Waals surface area contributed by atoms with Crippen molar-refractivity contribution in [3.63, 3.8) is 0 Å². The zero-order chi connectivity index (χ0) is 16.0. The van der Waals surface area contributed by atoms with E-state index in [0.717, 1.165) is 22.0 Å².